The molecule has 0 aliphatic carbocycles. The standard InChI is InChI=1S/C52H35N/c1-4-17-37(18-5-1)48-35-49(38-19-6-2-7-20-38)53(52(48)40-21-8-3-9-22-40)43-32-30-39(31-33-43)50-44-24-12-14-26-46(44)51(47-27-15-13-25-45(47)50)42-29-28-36-16-10-11-23-41(36)34-42/h1-35H. The molecule has 0 saturated heterocycles. The average molecular weight is 674 g/mol. The second-order valence-corrected chi connectivity index (χ2v) is 13.7. The van der Waals surface area contributed by atoms with Crippen LogP contribution < -0.4 is 0 Å². The molecule has 10 rings (SSSR count). The first-order valence-electron chi connectivity index (χ1n) is 18.3. The predicted octanol–water partition coefficient (Wildman–Crippen LogP) is 14.3. The Balaban J connectivity index is 1.19. The Kier molecular flexibility index (Phi) is 7.55. The van der Waals surface area contributed by atoms with E-state index in [1.165, 1.54) is 82.5 Å². The van der Waals surface area contributed by atoms with Gasteiger partial charge in [0.15, 0.2) is 0 Å². The van der Waals surface area contributed by atoms with Crippen molar-refractivity contribution in [1.82, 2.24) is 4.57 Å². The Morgan fingerprint density at radius 1 is 0.283 bits per heavy atom. The summed E-state index contributed by atoms with van der Waals surface area (Å²) in [7, 11) is 0. The normalized spacial score (nSPS) is 11.4. The van der Waals surface area contributed by atoms with E-state index < -0.39 is 0 Å². The molecule has 1 aromatic heterocycles. The topological polar surface area (TPSA) is 4.93 Å². The van der Waals surface area contributed by atoms with E-state index in [2.05, 4.69) is 217 Å². The highest BCUT2D eigenvalue weighted by Crippen LogP contribution is 2.45. The van der Waals surface area contributed by atoms with Crippen LogP contribution in [0.3, 0.4) is 0 Å². The summed E-state index contributed by atoms with van der Waals surface area (Å²) in [5.74, 6) is 0. The molecule has 0 fully saturated rings. The van der Waals surface area contributed by atoms with Gasteiger partial charge in [-0.1, -0.05) is 188 Å². The fourth-order valence-electron chi connectivity index (χ4n) is 8.19. The van der Waals surface area contributed by atoms with Crippen LogP contribution in [0.25, 0.3) is 93.9 Å². The lowest BCUT2D eigenvalue weighted by Gasteiger charge is -2.19. The fourth-order valence-corrected chi connectivity index (χ4v) is 8.19. The Morgan fingerprint density at radius 3 is 1.32 bits per heavy atom. The molecule has 0 atom stereocenters. The molecule has 1 heteroatoms. The lowest BCUT2D eigenvalue weighted by Crippen LogP contribution is -2.00. The molecule has 0 amide bonds. The van der Waals surface area contributed by atoms with Gasteiger partial charge in [0.1, 0.15) is 0 Å². The van der Waals surface area contributed by atoms with Crippen molar-refractivity contribution in [3.05, 3.63) is 212 Å². The van der Waals surface area contributed by atoms with Gasteiger partial charge in [0, 0.05) is 11.3 Å². The van der Waals surface area contributed by atoms with E-state index in [0.29, 0.717) is 0 Å². The van der Waals surface area contributed by atoms with Gasteiger partial charge < -0.3 is 4.57 Å². The van der Waals surface area contributed by atoms with Gasteiger partial charge in [-0.2, -0.15) is 0 Å². The summed E-state index contributed by atoms with van der Waals surface area (Å²) >= 11 is 0. The van der Waals surface area contributed by atoms with Crippen molar-refractivity contribution in [3.8, 4) is 61.6 Å². The molecular formula is C52H35N. The highest BCUT2D eigenvalue weighted by molar-refractivity contribution is 6.21. The zero-order valence-corrected chi connectivity index (χ0v) is 29.2. The van der Waals surface area contributed by atoms with E-state index in [4.69, 9.17) is 0 Å². The molecule has 0 bridgehead atoms. The number of hydrogen-bond acceptors (Lipinski definition) is 0. The van der Waals surface area contributed by atoms with Gasteiger partial charge in [0.2, 0.25) is 0 Å². The summed E-state index contributed by atoms with van der Waals surface area (Å²) in [6.07, 6.45) is 0. The molecule has 0 saturated carbocycles. The SMILES string of the molecule is c1ccc(-c2cc(-c3ccccc3)n(-c3ccc(-c4c5ccccc5c(-c5ccc6ccccc6c5)c5ccccc45)cc3)c2-c2ccccc2)cc1. The zero-order chi connectivity index (χ0) is 35.1. The third-order valence-corrected chi connectivity index (χ3v) is 10.6. The van der Waals surface area contributed by atoms with Crippen LogP contribution in [0, 0.1) is 0 Å². The van der Waals surface area contributed by atoms with Crippen LogP contribution in [-0.2, 0) is 0 Å². The number of fused-ring (bicyclic) bond motifs is 3. The molecule has 1 heterocycles. The fraction of sp³-hybridized carbons (Fsp3) is 0. The minimum atomic E-state index is 1.12. The third-order valence-electron chi connectivity index (χ3n) is 10.6. The van der Waals surface area contributed by atoms with E-state index in [1.807, 2.05) is 0 Å². The number of hydrogen-bond donors (Lipinski definition) is 0. The molecule has 10 aromatic rings. The second-order valence-electron chi connectivity index (χ2n) is 13.7. The predicted molar refractivity (Wildman–Crippen MR) is 225 cm³/mol. The Morgan fingerprint density at radius 2 is 0.736 bits per heavy atom. The third kappa shape index (κ3) is 5.34. The highest BCUT2D eigenvalue weighted by atomic mass is 15.0. The second kappa shape index (κ2) is 13.0. The quantitative estimate of drug-likeness (QED) is 0.155. The highest BCUT2D eigenvalue weighted by Gasteiger charge is 2.22. The molecule has 0 N–H and O–H groups in total. The Bertz CT molecular complexity index is 2840. The summed E-state index contributed by atoms with van der Waals surface area (Å²) in [5.41, 5.74) is 13.2. The maximum Gasteiger partial charge on any atom is 0.0613 e. The van der Waals surface area contributed by atoms with Crippen LogP contribution in [0.15, 0.2) is 212 Å². The zero-order valence-electron chi connectivity index (χ0n) is 29.2. The molecule has 0 aliphatic rings. The molecule has 0 unspecified atom stereocenters. The van der Waals surface area contributed by atoms with Gasteiger partial charge >= 0.3 is 0 Å². The molecule has 9 aromatic carbocycles. The van der Waals surface area contributed by atoms with Crippen LogP contribution in [0.5, 0.6) is 0 Å². The summed E-state index contributed by atoms with van der Waals surface area (Å²) in [6.45, 7) is 0. The minimum Gasteiger partial charge on any atom is -0.309 e. The van der Waals surface area contributed by atoms with E-state index in [0.717, 1.165) is 11.4 Å². The first-order chi connectivity index (χ1) is 26.3. The Hall–Kier alpha value is -6.96. The number of benzene rings is 9. The number of nitrogens with zero attached hydrogens (tertiary/aromatic N) is 1. The van der Waals surface area contributed by atoms with Crippen molar-refractivity contribution in [1.29, 1.82) is 0 Å². The van der Waals surface area contributed by atoms with Crippen molar-refractivity contribution >= 4 is 32.3 Å². The summed E-state index contributed by atoms with van der Waals surface area (Å²) in [4.78, 5) is 0. The van der Waals surface area contributed by atoms with Crippen LogP contribution in [0.1, 0.15) is 0 Å². The summed E-state index contributed by atoms with van der Waals surface area (Å²) in [6, 6.07) is 77.2. The summed E-state index contributed by atoms with van der Waals surface area (Å²) < 4.78 is 2.44. The molecule has 1 nitrogen and oxygen atoms in total. The minimum absolute atomic E-state index is 1.12. The number of aromatic nitrogens is 1. The average Bonchev–Trinajstić information content (AvgIpc) is 3.64. The van der Waals surface area contributed by atoms with Crippen molar-refractivity contribution in [2.24, 2.45) is 0 Å². The van der Waals surface area contributed by atoms with E-state index >= 15 is 0 Å². The molecule has 248 valence electrons. The Labute approximate surface area is 309 Å². The summed E-state index contributed by atoms with van der Waals surface area (Å²) in [5, 5.41) is 7.54. The first-order valence-corrected chi connectivity index (χ1v) is 18.3. The largest absolute Gasteiger partial charge is 0.309 e. The molecule has 53 heavy (non-hydrogen) atoms. The number of rotatable bonds is 6. The van der Waals surface area contributed by atoms with Crippen LogP contribution in [-0.4, -0.2) is 4.57 Å². The van der Waals surface area contributed by atoms with Crippen LogP contribution in [0.2, 0.25) is 0 Å². The molecule has 0 aliphatic heterocycles. The lowest BCUT2D eigenvalue weighted by atomic mass is 9.85. The first kappa shape index (κ1) is 30.8. The monoisotopic (exact) mass is 673 g/mol. The molecular weight excluding hydrogens is 639 g/mol. The van der Waals surface area contributed by atoms with Crippen molar-refractivity contribution in [3.63, 3.8) is 0 Å². The van der Waals surface area contributed by atoms with Crippen molar-refractivity contribution in [2.75, 3.05) is 0 Å². The van der Waals surface area contributed by atoms with Crippen LogP contribution in [0.4, 0.5) is 0 Å². The van der Waals surface area contributed by atoms with Crippen molar-refractivity contribution in [2.45, 2.75) is 0 Å². The smallest absolute Gasteiger partial charge is 0.0613 e. The van der Waals surface area contributed by atoms with Gasteiger partial charge in [-0.15, -0.1) is 0 Å². The van der Waals surface area contributed by atoms with E-state index in [1.54, 1.807) is 0 Å². The van der Waals surface area contributed by atoms with Gasteiger partial charge in [-0.05, 0) is 95.5 Å². The molecule has 0 radical (unpaired) electrons. The lowest BCUT2D eigenvalue weighted by molar-refractivity contribution is 1.10. The van der Waals surface area contributed by atoms with Gasteiger partial charge in [-0.25, -0.2) is 0 Å². The van der Waals surface area contributed by atoms with Crippen molar-refractivity contribution < 1.29 is 0 Å². The van der Waals surface area contributed by atoms with E-state index in [9.17, 15) is 0 Å². The maximum atomic E-state index is 2.44. The molecule has 0 spiro atoms. The van der Waals surface area contributed by atoms with E-state index in [-0.39, 0.29) is 0 Å². The van der Waals surface area contributed by atoms with Gasteiger partial charge in [0.05, 0.1) is 11.4 Å². The maximum absolute atomic E-state index is 2.44. The van der Waals surface area contributed by atoms with Gasteiger partial charge in [-0.3, -0.25) is 0 Å². The van der Waals surface area contributed by atoms with Crippen LogP contribution >= 0.6 is 0 Å². The van der Waals surface area contributed by atoms with Gasteiger partial charge in [0.25, 0.3) is 0 Å².